The average molecular weight is 354 g/mol. The number of nitrogens with one attached hydrogen (secondary N) is 2. The molecule has 0 bridgehead atoms. The third-order valence-corrected chi connectivity index (χ3v) is 3.13. The molecule has 0 spiro atoms. The van der Waals surface area contributed by atoms with Crippen molar-refractivity contribution in [3.8, 4) is 5.75 Å². The minimum Gasteiger partial charge on any atom is -0.494 e. The van der Waals surface area contributed by atoms with E-state index in [4.69, 9.17) is 27.9 Å². The van der Waals surface area contributed by atoms with Gasteiger partial charge in [-0.15, -0.1) is 0 Å². The molecule has 0 fully saturated rings. The fraction of sp³-hybridized carbons (Fsp3) is 0.133. The lowest BCUT2D eigenvalue weighted by Crippen LogP contribution is -2.41. The number of hydrazine groups is 1. The van der Waals surface area contributed by atoms with Crippen LogP contribution in [0.5, 0.6) is 5.75 Å². The van der Waals surface area contributed by atoms with E-state index in [1.165, 1.54) is 12.1 Å². The summed E-state index contributed by atoms with van der Waals surface area (Å²) >= 11 is 11.4. The van der Waals surface area contributed by atoms with Crippen LogP contribution in [0, 0.1) is 0 Å². The first-order chi connectivity index (χ1) is 11.0. The van der Waals surface area contributed by atoms with Crippen LogP contribution in [-0.4, -0.2) is 23.4 Å². The Kier molecular flexibility index (Phi) is 5.78. The van der Waals surface area contributed by atoms with Gasteiger partial charge in [0.2, 0.25) is 0 Å². The zero-order valence-corrected chi connectivity index (χ0v) is 13.6. The molecular weight excluding hydrogens is 341 g/mol. The molecule has 0 aliphatic carbocycles. The first-order valence-corrected chi connectivity index (χ1v) is 7.42. The maximum atomic E-state index is 12.0. The van der Waals surface area contributed by atoms with E-state index in [1.54, 1.807) is 24.3 Å². The van der Waals surface area contributed by atoms with Gasteiger partial charge < -0.3 is 4.74 Å². The van der Waals surface area contributed by atoms with E-state index in [-0.39, 0.29) is 15.9 Å². The van der Waals surface area contributed by atoms with E-state index < -0.39 is 11.8 Å². The fourth-order valence-electron chi connectivity index (χ4n) is 1.72. The predicted octanol–water partition coefficient (Wildman–Crippen LogP) is 2.86. The van der Waals surface area contributed by atoms with Crippen LogP contribution >= 0.6 is 23.2 Å². The summed E-state index contributed by atoms with van der Waals surface area (Å²) in [5, 5.41) is 0.168. The Balaban J connectivity index is 1.96. The minimum atomic E-state index is -0.560. The zero-order valence-electron chi connectivity index (χ0n) is 12.1. The quantitative estimate of drug-likeness (QED) is 0.654. The SMILES string of the molecule is CCOc1ccc(C(=O)NNC(=O)c2cc(Cl)nc(Cl)c2)cc1. The van der Waals surface area contributed by atoms with Crippen LogP contribution in [0.25, 0.3) is 0 Å². The second kappa shape index (κ2) is 7.80. The number of pyridine rings is 1. The largest absolute Gasteiger partial charge is 0.494 e. The molecule has 2 amide bonds. The van der Waals surface area contributed by atoms with Gasteiger partial charge in [0.05, 0.1) is 6.61 Å². The molecule has 6 nitrogen and oxygen atoms in total. The molecular formula is C15H13Cl2N3O3. The van der Waals surface area contributed by atoms with Crippen LogP contribution in [-0.2, 0) is 0 Å². The number of rotatable bonds is 4. The van der Waals surface area contributed by atoms with Crippen molar-refractivity contribution in [2.45, 2.75) is 6.92 Å². The van der Waals surface area contributed by atoms with Crippen molar-refractivity contribution < 1.29 is 14.3 Å². The summed E-state index contributed by atoms with van der Waals surface area (Å²) < 4.78 is 5.29. The standard InChI is InChI=1S/C15H13Cl2N3O3/c1-2-23-11-5-3-9(4-6-11)14(21)19-20-15(22)10-7-12(16)18-13(17)8-10/h3-8H,2H2,1H3,(H,19,21)(H,20,22). The van der Waals surface area contributed by atoms with Crippen LogP contribution in [0.3, 0.4) is 0 Å². The molecule has 0 saturated heterocycles. The van der Waals surface area contributed by atoms with Gasteiger partial charge in [-0.1, -0.05) is 23.2 Å². The molecule has 0 atom stereocenters. The molecule has 1 aromatic carbocycles. The number of hydrogen-bond donors (Lipinski definition) is 2. The van der Waals surface area contributed by atoms with E-state index in [2.05, 4.69) is 15.8 Å². The highest BCUT2D eigenvalue weighted by Gasteiger charge is 2.11. The predicted molar refractivity (Wildman–Crippen MR) is 86.8 cm³/mol. The highest BCUT2D eigenvalue weighted by atomic mass is 35.5. The first-order valence-electron chi connectivity index (χ1n) is 6.66. The van der Waals surface area contributed by atoms with Crippen molar-refractivity contribution in [1.29, 1.82) is 0 Å². The first kappa shape index (κ1) is 17.1. The number of hydrogen-bond acceptors (Lipinski definition) is 4. The molecule has 8 heteroatoms. The number of nitrogens with zero attached hydrogens (tertiary/aromatic N) is 1. The lowest BCUT2D eigenvalue weighted by atomic mass is 10.2. The fourth-order valence-corrected chi connectivity index (χ4v) is 2.18. The van der Waals surface area contributed by atoms with Crippen molar-refractivity contribution >= 4 is 35.0 Å². The maximum absolute atomic E-state index is 12.0. The third kappa shape index (κ3) is 4.84. The molecule has 1 heterocycles. The Bertz CT molecular complexity index is 700. The van der Waals surface area contributed by atoms with Crippen LogP contribution in [0.15, 0.2) is 36.4 Å². The van der Waals surface area contributed by atoms with Crippen LogP contribution in [0.2, 0.25) is 10.3 Å². The van der Waals surface area contributed by atoms with Gasteiger partial charge in [0.25, 0.3) is 11.8 Å². The van der Waals surface area contributed by atoms with Gasteiger partial charge in [-0.05, 0) is 43.3 Å². The van der Waals surface area contributed by atoms with E-state index in [9.17, 15) is 9.59 Å². The number of carbonyl (C=O) groups is 2. The summed E-state index contributed by atoms with van der Waals surface area (Å²) in [6.07, 6.45) is 0. The summed E-state index contributed by atoms with van der Waals surface area (Å²) in [5.74, 6) is -0.364. The molecule has 120 valence electrons. The Hall–Kier alpha value is -2.31. The molecule has 23 heavy (non-hydrogen) atoms. The normalized spacial score (nSPS) is 10.0. The lowest BCUT2D eigenvalue weighted by Gasteiger charge is -2.08. The molecule has 0 radical (unpaired) electrons. The van der Waals surface area contributed by atoms with Crippen LogP contribution in [0.4, 0.5) is 0 Å². The highest BCUT2D eigenvalue weighted by molar-refractivity contribution is 6.33. The van der Waals surface area contributed by atoms with Gasteiger partial charge in [0.15, 0.2) is 0 Å². The van der Waals surface area contributed by atoms with Gasteiger partial charge in [-0.25, -0.2) is 4.98 Å². The van der Waals surface area contributed by atoms with E-state index in [0.29, 0.717) is 17.9 Å². The van der Waals surface area contributed by atoms with Crippen molar-refractivity contribution in [2.24, 2.45) is 0 Å². The number of amides is 2. The highest BCUT2D eigenvalue weighted by Crippen LogP contribution is 2.14. The van der Waals surface area contributed by atoms with Crippen molar-refractivity contribution in [3.05, 3.63) is 57.8 Å². The molecule has 2 rings (SSSR count). The second-order valence-electron chi connectivity index (χ2n) is 4.37. The molecule has 0 aliphatic heterocycles. The topological polar surface area (TPSA) is 80.3 Å². The molecule has 0 saturated carbocycles. The monoisotopic (exact) mass is 353 g/mol. The Morgan fingerprint density at radius 2 is 1.52 bits per heavy atom. The Morgan fingerprint density at radius 3 is 2.04 bits per heavy atom. The van der Waals surface area contributed by atoms with E-state index in [1.807, 2.05) is 6.92 Å². The molecule has 1 aromatic heterocycles. The number of carbonyl (C=O) groups excluding carboxylic acids is 2. The van der Waals surface area contributed by atoms with Gasteiger partial charge in [0, 0.05) is 11.1 Å². The van der Waals surface area contributed by atoms with E-state index >= 15 is 0 Å². The molecule has 0 aliphatic rings. The summed E-state index contributed by atoms with van der Waals surface area (Å²) in [5.41, 5.74) is 5.14. The Morgan fingerprint density at radius 1 is 1.00 bits per heavy atom. The van der Waals surface area contributed by atoms with Gasteiger partial charge in [-0.3, -0.25) is 20.4 Å². The second-order valence-corrected chi connectivity index (χ2v) is 5.14. The van der Waals surface area contributed by atoms with Crippen molar-refractivity contribution in [2.75, 3.05) is 6.61 Å². The third-order valence-electron chi connectivity index (χ3n) is 2.74. The number of aromatic nitrogens is 1. The van der Waals surface area contributed by atoms with Crippen molar-refractivity contribution in [1.82, 2.24) is 15.8 Å². The van der Waals surface area contributed by atoms with Crippen molar-refractivity contribution in [3.63, 3.8) is 0 Å². The maximum Gasteiger partial charge on any atom is 0.269 e. The molecule has 0 unspecified atom stereocenters. The molecule has 2 N–H and O–H groups in total. The number of halogens is 2. The summed E-state index contributed by atoms with van der Waals surface area (Å²) in [4.78, 5) is 27.6. The van der Waals surface area contributed by atoms with Gasteiger partial charge >= 0.3 is 0 Å². The smallest absolute Gasteiger partial charge is 0.269 e. The summed E-state index contributed by atoms with van der Waals surface area (Å²) in [6.45, 7) is 2.41. The summed E-state index contributed by atoms with van der Waals surface area (Å²) in [7, 11) is 0. The number of ether oxygens (including phenoxy) is 1. The minimum absolute atomic E-state index is 0.0838. The van der Waals surface area contributed by atoms with Crippen LogP contribution < -0.4 is 15.6 Å². The number of benzene rings is 1. The van der Waals surface area contributed by atoms with Gasteiger partial charge in [0.1, 0.15) is 16.1 Å². The lowest BCUT2D eigenvalue weighted by molar-refractivity contribution is 0.0846. The van der Waals surface area contributed by atoms with Gasteiger partial charge in [-0.2, -0.15) is 0 Å². The zero-order chi connectivity index (χ0) is 16.8. The van der Waals surface area contributed by atoms with E-state index in [0.717, 1.165) is 0 Å². The Labute approximate surface area is 142 Å². The average Bonchev–Trinajstić information content (AvgIpc) is 2.52. The summed E-state index contributed by atoms with van der Waals surface area (Å²) in [6, 6.07) is 9.20. The molecule has 2 aromatic rings. The van der Waals surface area contributed by atoms with Crippen LogP contribution in [0.1, 0.15) is 27.6 Å².